The summed E-state index contributed by atoms with van der Waals surface area (Å²) in [6, 6.07) is 18.1. The number of nitrogens with zero attached hydrogens (tertiary/aromatic N) is 4. The standard InChI is InChI=1S/C27H31ClN4O/c1-4-24(22-8-6-5-7-9-22)27(33)32-16-14-31(15-17-32)26-25(19(2)29-20(3)30-26)18-21-10-12-23(28)13-11-21/h5-13,24H,4,14-18H2,1-3H3/t24-/m0/s1. The Morgan fingerprint density at radius 2 is 1.64 bits per heavy atom. The zero-order chi connectivity index (χ0) is 23.4. The van der Waals surface area contributed by atoms with Gasteiger partial charge in [-0.05, 0) is 43.5 Å². The number of aromatic nitrogens is 2. The van der Waals surface area contributed by atoms with Crippen LogP contribution in [0.2, 0.25) is 5.02 Å². The second kappa shape index (κ2) is 10.3. The van der Waals surface area contributed by atoms with Gasteiger partial charge in [-0.25, -0.2) is 9.97 Å². The second-order valence-corrected chi connectivity index (χ2v) is 9.08. The molecule has 1 aliphatic heterocycles. The summed E-state index contributed by atoms with van der Waals surface area (Å²) >= 11 is 6.07. The quantitative estimate of drug-likeness (QED) is 0.506. The minimum absolute atomic E-state index is 0.0817. The maximum Gasteiger partial charge on any atom is 0.230 e. The van der Waals surface area contributed by atoms with E-state index in [0.717, 1.165) is 59.4 Å². The van der Waals surface area contributed by atoms with Crippen LogP contribution in [0.4, 0.5) is 5.82 Å². The van der Waals surface area contributed by atoms with Crippen molar-refractivity contribution in [3.05, 3.63) is 87.8 Å². The van der Waals surface area contributed by atoms with Gasteiger partial charge in [-0.3, -0.25) is 4.79 Å². The lowest BCUT2D eigenvalue weighted by Crippen LogP contribution is -2.50. The highest BCUT2D eigenvalue weighted by atomic mass is 35.5. The number of piperazine rings is 1. The molecule has 1 amide bonds. The minimum Gasteiger partial charge on any atom is -0.353 e. The van der Waals surface area contributed by atoms with Gasteiger partial charge in [0.1, 0.15) is 11.6 Å². The molecule has 33 heavy (non-hydrogen) atoms. The van der Waals surface area contributed by atoms with Gasteiger partial charge in [0.25, 0.3) is 0 Å². The van der Waals surface area contributed by atoms with Gasteiger partial charge in [0.2, 0.25) is 5.91 Å². The monoisotopic (exact) mass is 462 g/mol. The zero-order valence-electron chi connectivity index (χ0n) is 19.6. The number of benzene rings is 2. The Balaban J connectivity index is 1.50. The molecule has 4 rings (SSSR count). The number of amides is 1. The lowest BCUT2D eigenvalue weighted by molar-refractivity contribution is -0.133. The van der Waals surface area contributed by atoms with Crippen LogP contribution in [0.25, 0.3) is 0 Å². The van der Waals surface area contributed by atoms with Crippen LogP contribution in [0.5, 0.6) is 0 Å². The van der Waals surface area contributed by atoms with Crippen molar-refractivity contribution in [1.82, 2.24) is 14.9 Å². The summed E-state index contributed by atoms with van der Waals surface area (Å²) in [5, 5.41) is 0.734. The average Bonchev–Trinajstić information content (AvgIpc) is 2.83. The van der Waals surface area contributed by atoms with Gasteiger partial charge in [-0.1, -0.05) is 61.0 Å². The van der Waals surface area contributed by atoms with Gasteiger partial charge < -0.3 is 9.80 Å². The average molecular weight is 463 g/mol. The molecule has 1 saturated heterocycles. The Labute approximate surface area is 201 Å². The van der Waals surface area contributed by atoms with Gasteiger partial charge in [-0.15, -0.1) is 0 Å². The molecule has 1 aromatic heterocycles. The number of anilines is 1. The molecule has 1 atom stereocenters. The molecule has 0 saturated carbocycles. The molecule has 0 spiro atoms. The molecule has 172 valence electrons. The molecular weight excluding hydrogens is 432 g/mol. The molecule has 5 nitrogen and oxygen atoms in total. The number of rotatable bonds is 6. The maximum absolute atomic E-state index is 13.3. The van der Waals surface area contributed by atoms with E-state index in [0.29, 0.717) is 13.1 Å². The van der Waals surface area contributed by atoms with Crippen molar-refractivity contribution in [2.75, 3.05) is 31.1 Å². The fourth-order valence-electron chi connectivity index (χ4n) is 4.59. The van der Waals surface area contributed by atoms with E-state index in [2.05, 4.69) is 48.0 Å². The van der Waals surface area contributed by atoms with E-state index in [1.54, 1.807) is 0 Å². The van der Waals surface area contributed by atoms with Gasteiger partial charge in [0.15, 0.2) is 0 Å². The zero-order valence-corrected chi connectivity index (χ0v) is 20.3. The van der Waals surface area contributed by atoms with Crippen molar-refractivity contribution in [3.8, 4) is 0 Å². The predicted molar refractivity (Wildman–Crippen MR) is 134 cm³/mol. The summed E-state index contributed by atoms with van der Waals surface area (Å²) in [6.07, 6.45) is 1.56. The van der Waals surface area contributed by atoms with Crippen LogP contribution < -0.4 is 4.90 Å². The highest BCUT2D eigenvalue weighted by Crippen LogP contribution is 2.27. The fraction of sp³-hybridized carbons (Fsp3) is 0.370. The van der Waals surface area contributed by atoms with Crippen LogP contribution in [0.15, 0.2) is 54.6 Å². The molecule has 0 aliphatic carbocycles. The number of aryl methyl sites for hydroxylation is 2. The highest BCUT2D eigenvalue weighted by Gasteiger charge is 2.29. The van der Waals surface area contributed by atoms with Gasteiger partial charge in [0, 0.05) is 48.9 Å². The van der Waals surface area contributed by atoms with Gasteiger partial charge in [-0.2, -0.15) is 0 Å². The summed E-state index contributed by atoms with van der Waals surface area (Å²) in [4.78, 5) is 27.1. The molecule has 3 aromatic rings. The minimum atomic E-state index is -0.0817. The lowest BCUT2D eigenvalue weighted by Gasteiger charge is -2.38. The molecule has 2 heterocycles. The summed E-state index contributed by atoms with van der Waals surface area (Å²) in [5.41, 5.74) is 4.41. The van der Waals surface area contributed by atoms with Crippen LogP contribution in [-0.4, -0.2) is 47.0 Å². The Kier molecular flexibility index (Phi) is 7.29. The first kappa shape index (κ1) is 23.2. The third-order valence-electron chi connectivity index (χ3n) is 6.40. The lowest BCUT2D eigenvalue weighted by atomic mass is 9.94. The smallest absolute Gasteiger partial charge is 0.230 e. The van der Waals surface area contributed by atoms with E-state index in [1.807, 2.05) is 42.2 Å². The molecule has 0 bridgehead atoms. The SMILES string of the molecule is CC[C@H](C(=O)N1CCN(c2nc(C)nc(C)c2Cc2ccc(Cl)cc2)CC1)c1ccccc1. The molecular formula is C27H31ClN4O. The molecule has 0 N–H and O–H groups in total. The molecule has 2 aromatic carbocycles. The van der Waals surface area contributed by atoms with Crippen molar-refractivity contribution in [2.45, 2.75) is 39.5 Å². The van der Waals surface area contributed by atoms with Crippen LogP contribution in [0.1, 0.15) is 47.5 Å². The second-order valence-electron chi connectivity index (χ2n) is 8.65. The number of carbonyl (C=O) groups is 1. The van der Waals surface area contributed by atoms with Crippen molar-refractivity contribution in [3.63, 3.8) is 0 Å². The van der Waals surface area contributed by atoms with Gasteiger partial charge in [0.05, 0.1) is 5.92 Å². The molecule has 0 unspecified atom stereocenters. The third kappa shape index (κ3) is 5.36. The number of hydrogen-bond acceptors (Lipinski definition) is 4. The first-order valence-corrected chi connectivity index (χ1v) is 12.0. The van der Waals surface area contributed by atoms with E-state index in [1.165, 1.54) is 5.56 Å². The van der Waals surface area contributed by atoms with Crippen LogP contribution in [-0.2, 0) is 11.2 Å². The number of halogens is 1. The van der Waals surface area contributed by atoms with E-state index in [9.17, 15) is 4.79 Å². The van der Waals surface area contributed by atoms with Crippen molar-refractivity contribution < 1.29 is 4.79 Å². The maximum atomic E-state index is 13.3. The van der Waals surface area contributed by atoms with E-state index >= 15 is 0 Å². The topological polar surface area (TPSA) is 49.3 Å². The summed E-state index contributed by atoms with van der Waals surface area (Å²) in [5.74, 6) is 1.90. The first-order valence-electron chi connectivity index (χ1n) is 11.6. The van der Waals surface area contributed by atoms with E-state index in [-0.39, 0.29) is 11.8 Å². The van der Waals surface area contributed by atoms with Gasteiger partial charge >= 0.3 is 0 Å². The van der Waals surface area contributed by atoms with Crippen LogP contribution >= 0.6 is 11.6 Å². The van der Waals surface area contributed by atoms with Crippen molar-refractivity contribution >= 4 is 23.3 Å². The highest BCUT2D eigenvalue weighted by molar-refractivity contribution is 6.30. The van der Waals surface area contributed by atoms with Crippen LogP contribution in [0.3, 0.4) is 0 Å². The first-order chi connectivity index (χ1) is 16.0. The Morgan fingerprint density at radius 3 is 2.27 bits per heavy atom. The molecule has 1 fully saturated rings. The van der Waals surface area contributed by atoms with Crippen LogP contribution in [0, 0.1) is 13.8 Å². The molecule has 0 radical (unpaired) electrons. The molecule has 1 aliphatic rings. The van der Waals surface area contributed by atoms with Crippen molar-refractivity contribution in [1.29, 1.82) is 0 Å². The Bertz CT molecular complexity index is 1090. The predicted octanol–water partition coefficient (Wildman–Crippen LogP) is 5.18. The number of carbonyl (C=O) groups excluding carboxylic acids is 1. The largest absolute Gasteiger partial charge is 0.353 e. The summed E-state index contributed by atoms with van der Waals surface area (Å²) in [7, 11) is 0. The normalized spacial score (nSPS) is 14.9. The number of hydrogen-bond donors (Lipinski definition) is 0. The Morgan fingerprint density at radius 1 is 0.970 bits per heavy atom. The van der Waals surface area contributed by atoms with Crippen molar-refractivity contribution in [2.24, 2.45) is 0 Å². The summed E-state index contributed by atoms with van der Waals surface area (Å²) in [6.45, 7) is 9.00. The third-order valence-corrected chi connectivity index (χ3v) is 6.65. The fourth-order valence-corrected chi connectivity index (χ4v) is 4.72. The molecule has 6 heteroatoms. The van der Waals surface area contributed by atoms with E-state index in [4.69, 9.17) is 16.6 Å². The summed E-state index contributed by atoms with van der Waals surface area (Å²) < 4.78 is 0. The van der Waals surface area contributed by atoms with E-state index < -0.39 is 0 Å². The Hall–Kier alpha value is -2.92.